The summed E-state index contributed by atoms with van der Waals surface area (Å²) in [4.78, 5) is 0.270. The Kier molecular flexibility index (Phi) is 4.68. The van der Waals surface area contributed by atoms with Gasteiger partial charge in [0.15, 0.2) is 9.84 Å². The van der Waals surface area contributed by atoms with Gasteiger partial charge in [0, 0.05) is 16.8 Å². The number of hydrogen-bond donors (Lipinski definition) is 1. The summed E-state index contributed by atoms with van der Waals surface area (Å²) < 4.78 is 37.3. The lowest BCUT2D eigenvalue weighted by molar-refractivity contribution is 0.602. The van der Waals surface area contributed by atoms with Crippen molar-refractivity contribution in [2.45, 2.75) is 17.9 Å². The predicted octanol–water partition coefficient (Wildman–Crippen LogP) is 4.16. The van der Waals surface area contributed by atoms with Crippen molar-refractivity contribution in [3.63, 3.8) is 0 Å². The molecule has 0 aromatic heterocycles. The van der Waals surface area contributed by atoms with Crippen molar-refractivity contribution in [3.05, 3.63) is 58.3 Å². The van der Waals surface area contributed by atoms with Crippen LogP contribution in [0.1, 0.15) is 18.5 Å². The number of sulfone groups is 1. The van der Waals surface area contributed by atoms with Crippen LogP contribution in [0.3, 0.4) is 0 Å². The van der Waals surface area contributed by atoms with Crippen LogP contribution < -0.4 is 5.32 Å². The Morgan fingerprint density at radius 1 is 1.14 bits per heavy atom. The van der Waals surface area contributed by atoms with Crippen molar-refractivity contribution >= 4 is 31.5 Å². The zero-order chi connectivity index (χ0) is 15.6. The Labute approximate surface area is 132 Å². The van der Waals surface area contributed by atoms with Gasteiger partial charge in [0.2, 0.25) is 0 Å². The van der Waals surface area contributed by atoms with Crippen LogP contribution in [0.2, 0.25) is 0 Å². The molecule has 0 amide bonds. The first kappa shape index (κ1) is 16.0. The first-order valence-corrected chi connectivity index (χ1v) is 8.97. The Hall–Kier alpha value is -1.40. The van der Waals surface area contributed by atoms with Gasteiger partial charge in [-0.2, -0.15) is 0 Å². The zero-order valence-corrected chi connectivity index (χ0v) is 14.0. The minimum atomic E-state index is -3.20. The van der Waals surface area contributed by atoms with Crippen LogP contribution in [0.15, 0.2) is 51.8 Å². The molecular formula is C15H15BrFNO2S. The first-order valence-electron chi connectivity index (χ1n) is 6.29. The van der Waals surface area contributed by atoms with Crippen LogP contribution in [-0.2, 0) is 9.84 Å². The van der Waals surface area contributed by atoms with Crippen molar-refractivity contribution in [2.75, 3.05) is 11.6 Å². The fourth-order valence-corrected chi connectivity index (χ4v) is 2.92. The highest BCUT2D eigenvalue weighted by Crippen LogP contribution is 2.25. The van der Waals surface area contributed by atoms with Crippen LogP contribution >= 0.6 is 15.9 Å². The minimum Gasteiger partial charge on any atom is -0.376 e. The van der Waals surface area contributed by atoms with Gasteiger partial charge in [0.1, 0.15) is 5.82 Å². The van der Waals surface area contributed by atoms with Crippen LogP contribution in [0.4, 0.5) is 10.1 Å². The lowest BCUT2D eigenvalue weighted by Crippen LogP contribution is -2.08. The molecule has 0 aliphatic heterocycles. The molecule has 1 atom stereocenters. The topological polar surface area (TPSA) is 46.2 Å². The normalized spacial score (nSPS) is 13.0. The number of benzene rings is 2. The van der Waals surface area contributed by atoms with Crippen LogP contribution in [-0.4, -0.2) is 14.7 Å². The van der Waals surface area contributed by atoms with Gasteiger partial charge in [-0.1, -0.05) is 28.1 Å². The van der Waals surface area contributed by atoms with E-state index in [1.807, 2.05) is 6.92 Å². The quantitative estimate of drug-likeness (QED) is 0.877. The minimum absolute atomic E-state index is 0.151. The molecule has 0 fully saturated rings. The Morgan fingerprint density at radius 2 is 1.76 bits per heavy atom. The van der Waals surface area contributed by atoms with Gasteiger partial charge in [0.05, 0.1) is 10.6 Å². The summed E-state index contributed by atoms with van der Waals surface area (Å²) in [7, 11) is -3.20. The van der Waals surface area contributed by atoms with Gasteiger partial charge in [-0.25, -0.2) is 12.8 Å². The SMILES string of the molecule is CC(Nc1cc(Br)ccc1F)c1ccc(S(C)(=O)=O)cc1. The molecule has 0 spiro atoms. The van der Waals surface area contributed by atoms with E-state index in [-0.39, 0.29) is 16.8 Å². The molecule has 2 rings (SSSR count). The molecule has 6 heteroatoms. The van der Waals surface area contributed by atoms with Crippen molar-refractivity contribution in [1.29, 1.82) is 0 Å². The third-order valence-electron chi connectivity index (χ3n) is 3.11. The van der Waals surface area contributed by atoms with E-state index in [1.54, 1.807) is 36.4 Å². The molecule has 0 radical (unpaired) electrons. The number of hydrogen-bond acceptors (Lipinski definition) is 3. The second-order valence-corrected chi connectivity index (χ2v) is 7.76. The monoisotopic (exact) mass is 371 g/mol. The molecule has 0 saturated heterocycles. The summed E-state index contributed by atoms with van der Waals surface area (Å²) in [5.41, 5.74) is 1.27. The van der Waals surface area contributed by atoms with Gasteiger partial charge in [0.25, 0.3) is 0 Å². The molecule has 3 nitrogen and oxygen atoms in total. The predicted molar refractivity (Wildman–Crippen MR) is 85.7 cm³/mol. The fraction of sp³-hybridized carbons (Fsp3) is 0.200. The van der Waals surface area contributed by atoms with Crippen molar-refractivity contribution in [3.8, 4) is 0 Å². The summed E-state index contributed by atoms with van der Waals surface area (Å²) in [6.45, 7) is 1.88. The van der Waals surface area contributed by atoms with Gasteiger partial charge in [-0.15, -0.1) is 0 Å². The highest BCUT2D eigenvalue weighted by Gasteiger charge is 2.11. The summed E-state index contributed by atoms with van der Waals surface area (Å²) in [6.07, 6.45) is 1.17. The van der Waals surface area contributed by atoms with E-state index in [4.69, 9.17) is 0 Å². The van der Waals surface area contributed by atoms with Gasteiger partial charge < -0.3 is 5.32 Å². The molecule has 1 N–H and O–H groups in total. The van der Waals surface area contributed by atoms with E-state index < -0.39 is 9.84 Å². The smallest absolute Gasteiger partial charge is 0.175 e. The molecule has 0 aliphatic carbocycles. The second kappa shape index (κ2) is 6.15. The van der Waals surface area contributed by atoms with E-state index in [2.05, 4.69) is 21.2 Å². The molecule has 2 aromatic rings. The summed E-state index contributed by atoms with van der Waals surface area (Å²) >= 11 is 3.30. The highest BCUT2D eigenvalue weighted by atomic mass is 79.9. The Bertz CT molecular complexity index is 745. The van der Waals surface area contributed by atoms with Gasteiger partial charge in [-0.3, -0.25) is 0 Å². The van der Waals surface area contributed by atoms with Crippen LogP contribution in [0.25, 0.3) is 0 Å². The number of nitrogens with one attached hydrogen (secondary N) is 1. The molecule has 0 bridgehead atoms. The summed E-state index contributed by atoms with van der Waals surface area (Å²) in [6, 6.07) is 11.1. The Morgan fingerprint density at radius 3 is 2.33 bits per heavy atom. The number of halogens is 2. The maximum Gasteiger partial charge on any atom is 0.175 e. The van der Waals surface area contributed by atoms with Crippen molar-refractivity contribution in [2.24, 2.45) is 0 Å². The van der Waals surface area contributed by atoms with E-state index in [9.17, 15) is 12.8 Å². The summed E-state index contributed by atoms with van der Waals surface area (Å²) in [5.74, 6) is -0.335. The zero-order valence-electron chi connectivity index (χ0n) is 11.6. The van der Waals surface area contributed by atoms with Gasteiger partial charge in [-0.05, 0) is 42.8 Å². The summed E-state index contributed by atoms with van der Waals surface area (Å²) in [5, 5.41) is 3.07. The Balaban J connectivity index is 2.20. The standard InChI is InChI=1S/C15H15BrFNO2S/c1-10(18-15-9-12(16)5-8-14(15)17)11-3-6-13(7-4-11)21(2,19)20/h3-10,18H,1-2H3. The maximum absolute atomic E-state index is 13.7. The van der Waals surface area contributed by atoms with Crippen LogP contribution in [0.5, 0.6) is 0 Å². The average Bonchev–Trinajstić information content (AvgIpc) is 2.42. The number of anilines is 1. The molecule has 1 unspecified atom stereocenters. The van der Waals surface area contributed by atoms with Gasteiger partial charge >= 0.3 is 0 Å². The van der Waals surface area contributed by atoms with E-state index >= 15 is 0 Å². The van der Waals surface area contributed by atoms with E-state index in [1.165, 1.54) is 12.3 Å². The molecule has 112 valence electrons. The molecule has 21 heavy (non-hydrogen) atoms. The van der Waals surface area contributed by atoms with Crippen molar-refractivity contribution in [1.82, 2.24) is 0 Å². The lowest BCUT2D eigenvalue weighted by atomic mass is 10.1. The first-order chi connectivity index (χ1) is 9.77. The third kappa shape index (κ3) is 4.04. The average molecular weight is 372 g/mol. The van der Waals surface area contributed by atoms with E-state index in [0.717, 1.165) is 10.0 Å². The molecule has 0 saturated carbocycles. The largest absolute Gasteiger partial charge is 0.376 e. The highest BCUT2D eigenvalue weighted by molar-refractivity contribution is 9.10. The van der Waals surface area contributed by atoms with Crippen LogP contribution in [0, 0.1) is 5.82 Å². The molecular weight excluding hydrogens is 357 g/mol. The lowest BCUT2D eigenvalue weighted by Gasteiger charge is -2.17. The molecule has 2 aromatic carbocycles. The molecule has 0 aliphatic rings. The second-order valence-electron chi connectivity index (χ2n) is 4.83. The molecule has 0 heterocycles. The van der Waals surface area contributed by atoms with E-state index in [0.29, 0.717) is 5.69 Å². The van der Waals surface area contributed by atoms with Crippen molar-refractivity contribution < 1.29 is 12.8 Å². The third-order valence-corrected chi connectivity index (χ3v) is 4.73. The fourth-order valence-electron chi connectivity index (χ4n) is 1.93. The maximum atomic E-state index is 13.7. The number of rotatable bonds is 4.